The van der Waals surface area contributed by atoms with Gasteiger partial charge in [-0.15, -0.1) is 0 Å². The number of carbonyl (C=O) groups is 2. The average molecular weight is 519 g/mol. The smallest absolute Gasteiger partial charge is 0.261 e. The molecule has 0 unspecified atom stereocenters. The van der Waals surface area contributed by atoms with Crippen molar-refractivity contribution in [2.24, 2.45) is 0 Å². The van der Waals surface area contributed by atoms with E-state index in [0.717, 1.165) is 41.3 Å². The minimum atomic E-state index is -0.754. The molecule has 5 nitrogen and oxygen atoms in total. The summed E-state index contributed by atoms with van der Waals surface area (Å²) < 4.78 is 21.1. The molecular formula is C26H32BrFN2O3. The summed E-state index contributed by atoms with van der Waals surface area (Å²) in [6.07, 6.45) is 5.27. The average Bonchev–Trinajstić information content (AvgIpc) is 2.80. The zero-order valence-corrected chi connectivity index (χ0v) is 21.1. The van der Waals surface area contributed by atoms with Crippen LogP contribution >= 0.6 is 15.9 Å². The Hall–Kier alpha value is -2.41. The maximum absolute atomic E-state index is 14.4. The maximum Gasteiger partial charge on any atom is 0.261 e. The Morgan fingerprint density at radius 1 is 1.15 bits per heavy atom. The Balaban J connectivity index is 1.74. The van der Waals surface area contributed by atoms with Crippen LogP contribution in [0.2, 0.25) is 0 Å². The van der Waals surface area contributed by atoms with Gasteiger partial charge in [-0.05, 0) is 62.9 Å². The molecule has 1 fully saturated rings. The van der Waals surface area contributed by atoms with Crippen molar-refractivity contribution in [2.75, 3.05) is 6.61 Å². The van der Waals surface area contributed by atoms with E-state index in [1.807, 2.05) is 26.0 Å². The number of rotatable bonds is 8. The number of hydrogen-bond acceptors (Lipinski definition) is 3. The lowest BCUT2D eigenvalue weighted by Gasteiger charge is -2.31. The molecular weight excluding hydrogens is 487 g/mol. The van der Waals surface area contributed by atoms with Crippen molar-refractivity contribution in [3.8, 4) is 5.75 Å². The molecule has 0 heterocycles. The largest absolute Gasteiger partial charge is 0.484 e. The lowest BCUT2D eigenvalue weighted by atomic mass is 9.95. The van der Waals surface area contributed by atoms with E-state index in [1.165, 1.54) is 17.4 Å². The van der Waals surface area contributed by atoms with E-state index in [-0.39, 0.29) is 31.0 Å². The minimum Gasteiger partial charge on any atom is -0.484 e. The second kappa shape index (κ2) is 11.6. The zero-order chi connectivity index (χ0) is 24.0. The monoisotopic (exact) mass is 518 g/mol. The Morgan fingerprint density at radius 3 is 2.42 bits per heavy atom. The first kappa shape index (κ1) is 25.2. The molecule has 1 aliphatic carbocycles. The first-order valence-corrected chi connectivity index (χ1v) is 12.3. The number of hydrogen-bond donors (Lipinski definition) is 1. The third-order valence-electron chi connectivity index (χ3n) is 6.19. The van der Waals surface area contributed by atoms with Crippen LogP contribution in [0.5, 0.6) is 5.75 Å². The van der Waals surface area contributed by atoms with Crippen LogP contribution < -0.4 is 10.1 Å². The number of ether oxygens (including phenoxy) is 1. The van der Waals surface area contributed by atoms with Crippen LogP contribution in [0, 0.1) is 19.7 Å². The summed E-state index contributed by atoms with van der Waals surface area (Å²) in [5.41, 5.74) is 2.36. The Bertz CT molecular complexity index is 968. The second-order valence-corrected chi connectivity index (χ2v) is 9.59. The second-order valence-electron chi connectivity index (χ2n) is 8.79. The summed E-state index contributed by atoms with van der Waals surface area (Å²) in [6.45, 7) is 5.34. The fraction of sp³-hybridized carbons (Fsp3) is 0.462. The van der Waals surface area contributed by atoms with Gasteiger partial charge in [0.1, 0.15) is 17.6 Å². The number of aryl methyl sites for hydroxylation is 2. The van der Waals surface area contributed by atoms with Gasteiger partial charge in [0.15, 0.2) is 6.61 Å². The summed E-state index contributed by atoms with van der Waals surface area (Å²) in [4.78, 5) is 27.6. The van der Waals surface area contributed by atoms with E-state index in [0.29, 0.717) is 11.3 Å². The predicted octanol–water partition coefficient (Wildman–Crippen LogP) is 5.45. The highest BCUT2D eigenvalue weighted by atomic mass is 79.9. The Morgan fingerprint density at radius 2 is 1.79 bits per heavy atom. The number of halogens is 2. The van der Waals surface area contributed by atoms with Gasteiger partial charge in [0.25, 0.3) is 5.91 Å². The molecule has 3 rings (SSSR count). The molecule has 0 aromatic heterocycles. The van der Waals surface area contributed by atoms with Crippen LogP contribution in [-0.4, -0.2) is 35.4 Å². The van der Waals surface area contributed by atoms with E-state index in [9.17, 15) is 14.0 Å². The minimum absolute atomic E-state index is 0.00743. The van der Waals surface area contributed by atoms with Gasteiger partial charge >= 0.3 is 0 Å². The molecule has 0 aliphatic heterocycles. The summed E-state index contributed by atoms with van der Waals surface area (Å²) >= 11 is 3.53. The van der Waals surface area contributed by atoms with E-state index in [1.54, 1.807) is 25.1 Å². The Labute approximate surface area is 203 Å². The van der Waals surface area contributed by atoms with E-state index in [2.05, 4.69) is 21.2 Å². The fourth-order valence-electron chi connectivity index (χ4n) is 4.18. The van der Waals surface area contributed by atoms with Crippen LogP contribution in [-0.2, 0) is 16.1 Å². The molecule has 0 spiro atoms. The van der Waals surface area contributed by atoms with Gasteiger partial charge in [0, 0.05) is 22.6 Å². The molecule has 2 aromatic rings. The van der Waals surface area contributed by atoms with Crippen molar-refractivity contribution in [3.63, 3.8) is 0 Å². The number of carbonyl (C=O) groups excluding carboxylic acids is 2. The van der Waals surface area contributed by atoms with Crippen molar-refractivity contribution >= 4 is 27.7 Å². The van der Waals surface area contributed by atoms with Gasteiger partial charge < -0.3 is 15.0 Å². The summed E-state index contributed by atoms with van der Waals surface area (Å²) in [5, 5.41) is 3.08. The molecule has 2 amide bonds. The maximum atomic E-state index is 14.4. The standard InChI is InChI=1S/C26H32BrFN2O3/c1-17-13-22(14-18(2)25(17)27)33-16-24(31)30(15-20-9-7-8-12-23(20)28)19(3)26(32)29-21-10-5-4-6-11-21/h7-9,12-14,19,21H,4-6,10-11,15-16H2,1-3H3,(H,29,32)/t19-/m0/s1. The SMILES string of the molecule is Cc1cc(OCC(=O)N(Cc2ccccc2F)[C@@H](C)C(=O)NC2CCCCC2)cc(C)c1Br. The molecule has 1 atom stereocenters. The van der Waals surface area contributed by atoms with E-state index in [4.69, 9.17) is 4.74 Å². The Kier molecular flexibility index (Phi) is 8.89. The molecule has 2 aromatic carbocycles. The van der Waals surface area contributed by atoms with Crippen LogP contribution in [0.1, 0.15) is 55.7 Å². The van der Waals surface area contributed by atoms with Gasteiger partial charge in [0.2, 0.25) is 5.91 Å². The van der Waals surface area contributed by atoms with Gasteiger partial charge in [-0.2, -0.15) is 0 Å². The number of nitrogens with one attached hydrogen (secondary N) is 1. The number of amides is 2. The van der Waals surface area contributed by atoms with Crippen LogP contribution in [0.25, 0.3) is 0 Å². The molecule has 1 aliphatic rings. The molecule has 0 saturated heterocycles. The van der Waals surface area contributed by atoms with Crippen molar-refractivity contribution in [2.45, 2.75) is 71.5 Å². The van der Waals surface area contributed by atoms with Crippen molar-refractivity contribution in [1.82, 2.24) is 10.2 Å². The molecule has 178 valence electrons. The summed E-state index contributed by atoms with van der Waals surface area (Å²) in [7, 11) is 0. The molecule has 0 radical (unpaired) electrons. The highest BCUT2D eigenvalue weighted by Gasteiger charge is 2.29. The van der Waals surface area contributed by atoms with Gasteiger partial charge in [-0.25, -0.2) is 4.39 Å². The highest BCUT2D eigenvalue weighted by Crippen LogP contribution is 2.26. The summed E-state index contributed by atoms with van der Waals surface area (Å²) in [6, 6.07) is 9.39. The van der Waals surface area contributed by atoms with E-state index >= 15 is 0 Å². The van der Waals surface area contributed by atoms with Crippen LogP contribution in [0.4, 0.5) is 4.39 Å². The number of nitrogens with zero attached hydrogens (tertiary/aromatic N) is 1. The molecule has 1 N–H and O–H groups in total. The van der Waals surface area contributed by atoms with Gasteiger partial charge in [-0.3, -0.25) is 9.59 Å². The third kappa shape index (κ3) is 6.79. The van der Waals surface area contributed by atoms with Crippen molar-refractivity contribution < 1.29 is 18.7 Å². The summed E-state index contributed by atoms with van der Waals surface area (Å²) in [5.74, 6) is -0.424. The first-order valence-electron chi connectivity index (χ1n) is 11.5. The van der Waals surface area contributed by atoms with Gasteiger partial charge in [0.05, 0.1) is 0 Å². The van der Waals surface area contributed by atoms with Gasteiger partial charge in [-0.1, -0.05) is 53.4 Å². The van der Waals surface area contributed by atoms with Crippen molar-refractivity contribution in [3.05, 3.63) is 63.4 Å². The van der Waals surface area contributed by atoms with Crippen molar-refractivity contribution in [1.29, 1.82) is 0 Å². The lowest BCUT2D eigenvalue weighted by molar-refractivity contribution is -0.142. The van der Waals surface area contributed by atoms with E-state index < -0.39 is 11.9 Å². The molecule has 7 heteroatoms. The first-order chi connectivity index (χ1) is 15.8. The number of benzene rings is 2. The molecule has 0 bridgehead atoms. The van der Waals surface area contributed by atoms with Crippen LogP contribution in [0.15, 0.2) is 40.9 Å². The molecule has 1 saturated carbocycles. The predicted molar refractivity (Wildman–Crippen MR) is 131 cm³/mol. The quantitative estimate of drug-likeness (QED) is 0.505. The zero-order valence-electron chi connectivity index (χ0n) is 19.5. The lowest BCUT2D eigenvalue weighted by Crippen LogP contribution is -2.51. The highest BCUT2D eigenvalue weighted by molar-refractivity contribution is 9.10. The molecule has 33 heavy (non-hydrogen) atoms. The normalized spacial score (nSPS) is 15.1. The third-order valence-corrected chi connectivity index (χ3v) is 7.44. The topological polar surface area (TPSA) is 58.6 Å². The van der Waals surface area contributed by atoms with Crippen LogP contribution in [0.3, 0.4) is 0 Å². The fourth-order valence-corrected chi connectivity index (χ4v) is 4.41.